The Labute approximate surface area is 219 Å². The minimum atomic E-state index is -0.729. The van der Waals surface area contributed by atoms with Gasteiger partial charge in [0.1, 0.15) is 23.0 Å². The van der Waals surface area contributed by atoms with E-state index >= 15 is 0 Å². The van der Waals surface area contributed by atoms with E-state index in [9.17, 15) is 19.2 Å². The normalized spacial score (nSPS) is 10.4. The van der Waals surface area contributed by atoms with Gasteiger partial charge in [0, 0.05) is 43.8 Å². The number of carbonyl (C=O) groups excluding carboxylic acids is 4. The van der Waals surface area contributed by atoms with Gasteiger partial charge in [0.15, 0.2) is 0 Å². The average Bonchev–Trinajstić information content (AvgIpc) is 2.85. The van der Waals surface area contributed by atoms with Gasteiger partial charge in [0.05, 0.1) is 0 Å². The second kappa shape index (κ2) is 11.0. The number of ether oxygens (including phenoxy) is 4. The van der Waals surface area contributed by atoms with Gasteiger partial charge in [-0.1, -0.05) is 26.3 Å². The number of fused-ring (bicyclic) bond motifs is 2. The van der Waals surface area contributed by atoms with Crippen molar-refractivity contribution in [3.63, 3.8) is 0 Å². The third-order valence-corrected chi connectivity index (χ3v) is 5.17. The van der Waals surface area contributed by atoms with Gasteiger partial charge >= 0.3 is 23.9 Å². The molecule has 38 heavy (non-hydrogen) atoms. The fourth-order valence-electron chi connectivity index (χ4n) is 3.20. The summed E-state index contributed by atoms with van der Waals surface area (Å²) in [7, 11) is 0. The molecule has 3 rings (SSSR count). The molecular formula is C30H26O8. The van der Waals surface area contributed by atoms with Crippen LogP contribution in [-0.2, 0) is 19.2 Å². The van der Waals surface area contributed by atoms with Crippen LogP contribution in [0, 0.1) is 0 Å². The lowest BCUT2D eigenvalue weighted by molar-refractivity contribution is -0.131. The summed E-state index contributed by atoms with van der Waals surface area (Å²) in [6.45, 7) is 20.4. The third kappa shape index (κ3) is 5.87. The van der Waals surface area contributed by atoms with E-state index in [1.54, 1.807) is 12.1 Å². The van der Waals surface area contributed by atoms with Crippen molar-refractivity contribution in [1.82, 2.24) is 0 Å². The maximum absolute atomic E-state index is 12.6. The quantitative estimate of drug-likeness (QED) is 0.158. The molecule has 0 saturated carbocycles. The number of hydrogen-bond donors (Lipinski definition) is 0. The van der Waals surface area contributed by atoms with Gasteiger partial charge in [-0.15, -0.1) is 0 Å². The Hall–Kier alpha value is -4.98. The molecule has 0 aliphatic heterocycles. The minimum absolute atomic E-state index is 0.0413. The molecule has 0 spiro atoms. The Morgan fingerprint density at radius 3 is 1.08 bits per heavy atom. The molecular weight excluding hydrogens is 488 g/mol. The number of carbonyl (C=O) groups is 4. The van der Waals surface area contributed by atoms with Crippen LogP contribution < -0.4 is 18.9 Å². The first-order chi connectivity index (χ1) is 17.8. The first-order valence-corrected chi connectivity index (χ1v) is 11.3. The summed E-state index contributed by atoms with van der Waals surface area (Å²) in [6, 6.07) is 9.04. The molecule has 0 fully saturated rings. The van der Waals surface area contributed by atoms with Crippen molar-refractivity contribution >= 4 is 45.4 Å². The van der Waals surface area contributed by atoms with Crippen LogP contribution in [-0.4, -0.2) is 23.9 Å². The number of benzene rings is 3. The SMILES string of the molecule is C=C(C)C(=O)Oc1ccc2c(OC(=O)C(=C)C)c3ccc(OC(=O)C(=C)C)cc3c(OC(=O)C(=C)C)c2c1. The van der Waals surface area contributed by atoms with Gasteiger partial charge in [-0.05, 0) is 64.1 Å². The summed E-state index contributed by atoms with van der Waals surface area (Å²) in [5, 5.41) is 1.29. The molecule has 8 heteroatoms. The second-order valence-corrected chi connectivity index (χ2v) is 8.75. The molecule has 0 radical (unpaired) electrons. The standard InChI is InChI=1S/C30H26O8/c1-15(2)27(31)35-19-9-11-21-23(13-19)26(38-30(34)18(7)8)24-14-20(36-28(32)16(3)4)10-12-22(24)25(21)37-29(33)17(5)6/h9-14H,1,3,5,7H2,2,4,6,8H3. The monoisotopic (exact) mass is 514 g/mol. The van der Waals surface area contributed by atoms with Gasteiger partial charge in [-0.2, -0.15) is 0 Å². The Morgan fingerprint density at radius 2 is 0.763 bits per heavy atom. The van der Waals surface area contributed by atoms with Gasteiger partial charge in [-0.25, -0.2) is 19.2 Å². The molecule has 0 aliphatic carbocycles. The smallest absolute Gasteiger partial charge is 0.338 e. The summed E-state index contributed by atoms with van der Waals surface area (Å²) in [6.07, 6.45) is 0. The van der Waals surface area contributed by atoms with E-state index in [1.165, 1.54) is 52.0 Å². The lowest BCUT2D eigenvalue weighted by Crippen LogP contribution is -2.12. The summed E-state index contributed by atoms with van der Waals surface area (Å²) >= 11 is 0. The molecule has 0 saturated heterocycles. The first kappa shape index (κ1) is 27.6. The maximum Gasteiger partial charge on any atom is 0.338 e. The zero-order valence-electron chi connectivity index (χ0n) is 21.6. The molecule has 0 bridgehead atoms. The van der Waals surface area contributed by atoms with E-state index in [4.69, 9.17) is 18.9 Å². The Bertz CT molecular complexity index is 1500. The minimum Gasteiger partial charge on any atom is -0.423 e. The van der Waals surface area contributed by atoms with E-state index in [1.807, 2.05) is 0 Å². The van der Waals surface area contributed by atoms with Crippen LogP contribution >= 0.6 is 0 Å². The van der Waals surface area contributed by atoms with Crippen molar-refractivity contribution < 1.29 is 38.1 Å². The van der Waals surface area contributed by atoms with Crippen molar-refractivity contribution in [3.8, 4) is 23.0 Å². The van der Waals surface area contributed by atoms with Crippen molar-refractivity contribution in [2.75, 3.05) is 0 Å². The van der Waals surface area contributed by atoms with Crippen molar-refractivity contribution in [1.29, 1.82) is 0 Å². The molecule has 0 heterocycles. The average molecular weight is 515 g/mol. The van der Waals surface area contributed by atoms with E-state index in [-0.39, 0.29) is 56.1 Å². The van der Waals surface area contributed by atoms with E-state index < -0.39 is 23.9 Å². The largest absolute Gasteiger partial charge is 0.423 e. The second-order valence-electron chi connectivity index (χ2n) is 8.75. The van der Waals surface area contributed by atoms with Crippen LogP contribution in [0.25, 0.3) is 21.5 Å². The molecule has 3 aromatic carbocycles. The van der Waals surface area contributed by atoms with Gasteiger partial charge in [0.2, 0.25) is 0 Å². The molecule has 0 N–H and O–H groups in total. The summed E-state index contributed by atoms with van der Waals surface area (Å²) in [4.78, 5) is 49.5. The highest BCUT2D eigenvalue weighted by atomic mass is 16.6. The molecule has 8 nitrogen and oxygen atoms in total. The van der Waals surface area contributed by atoms with E-state index in [0.717, 1.165) is 0 Å². The zero-order valence-corrected chi connectivity index (χ0v) is 21.6. The summed E-state index contributed by atoms with van der Waals surface area (Å²) < 4.78 is 22.1. The fourth-order valence-corrected chi connectivity index (χ4v) is 3.20. The Balaban J connectivity index is 2.41. The highest BCUT2D eigenvalue weighted by molar-refractivity contribution is 6.14. The molecule has 0 amide bonds. The lowest BCUT2D eigenvalue weighted by atomic mass is 9.99. The van der Waals surface area contributed by atoms with Gasteiger partial charge in [0.25, 0.3) is 0 Å². The van der Waals surface area contributed by atoms with Gasteiger partial charge < -0.3 is 18.9 Å². The molecule has 0 aliphatic rings. The topological polar surface area (TPSA) is 105 Å². The molecule has 194 valence electrons. The predicted molar refractivity (Wildman–Crippen MR) is 143 cm³/mol. The highest BCUT2D eigenvalue weighted by Crippen LogP contribution is 2.45. The van der Waals surface area contributed by atoms with E-state index in [2.05, 4.69) is 26.3 Å². The maximum atomic E-state index is 12.6. The molecule has 0 atom stereocenters. The summed E-state index contributed by atoms with van der Waals surface area (Å²) in [5.41, 5.74) is 0.636. The number of esters is 4. The first-order valence-electron chi connectivity index (χ1n) is 11.3. The van der Waals surface area contributed by atoms with Crippen LogP contribution in [0.4, 0.5) is 0 Å². The third-order valence-electron chi connectivity index (χ3n) is 5.17. The van der Waals surface area contributed by atoms with Crippen LogP contribution in [0.2, 0.25) is 0 Å². The zero-order chi connectivity index (χ0) is 28.3. The van der Waals surface area contributed by atoms with E-state index in [0.29, 0.717) is 10.8 Å². The number of hydrogen-bond acceptors (Lipinski definition) is 8. The van der Waals surface area contributed by atoms with Crippen LogP contribution in [0.5, 0.6) is 23.0 Å². The van der Waals surface area contributed by atoms with Crippen molar-refractivity contribution in [2.45, 2.75) is 27.7 Å². The highest BCUT2D eigenvalue weighted by Gasteiger charge is 2.23. The lowest BCUT2D eigenvalue weighted by Gasteiger charge is -2.18. The molecule has 3 aromatic rings. The predicted octanol–water partition coefficient (Wildman–Crippen LogP) is 5.92. The van der Waals surface area contributed by atoms with Crippen LogP contribution in [0.3, 0.4) is 0 Å². The molecule has 0 aromatic heterocycles. The number of rotatable bonds is 8. The molecule has 0 unspecified atom stereocenters. The van der Waals surface area contributed by atoms with Gasteiger partial charge in [-0.3, -0.25) is 0 Å². The van der Waals surface area contributed by atoms with Crippen molar-refractivity contribution in [2.24, 2.45) is 0 Å². The fraction of sp³-hybridized carbons (Fsp3) is 0.133. The Kier molecular flexibility index (Phi) is 7.96. The van der Waals surface area contributed by atoms with Crippen LogP contribution in [0.15, 0.2) is 85.0 Å². The van der Waals surface area contributed by atoms with Crippen molar-refractivity contribution in [3.05, 3.63) is 85.0 Å². The Morgan fingerprint density at radius 1 is 0.474 bits per heavy atom. The summed E-state index contributed by atoms with van der Waals surface area (Å²) in [5.74, 6) is -2.31. The van der Waals surface area contributed by atoms with Crippen LogP contribution in [0.1, 0.15) is 27.7 Å².